The quantitative estimate of drug-likeness (QED) is 0.439. The number of hydrogen-bond donors (Lipinski definition) is 2. The summed E-state index contributed by atoms with van der Waals surface area (Å²) < 4.78 is 27.4. The molecule has 2 heterocycles. The summed E-state index contributed by atoms with van der Waals surface area (Å²) in [6.45, 7) is 2.87. The highest BCUT2D eigenvalue weighted by molar-refractivity contribution is 7.92. The fraction of sp³-hybridized carbons (Fsp3) is 0.429. The van der Waals surface area contributed by atoms with E-state index in [0.717, 1.165) is 25.7 Å². The third-order valence-electron chi connectivity index (χ3n) is 7.44. The monoisotopic (exact) mass is 462 g/mol. The highest BCUT2D eigenvalue weighted by Gasteiger charge is 2.53. The molecule has 2 fully saturated rings. The van der Waals surface area contributed by atoms with Crippen LogP contribution in [0.2, 0.25) is 0 Å². The van der Waals surface area contributed by atoms with E-state index < -0.39 is 15.1 Å². The molecule has 174 valence electrons. The van der Waals surface area contributed by atoms with Gasteiger partial charge in [-0.1, -0.05) is 68.3 Å². The topological polar surface area (TPSA) is 58.2 Å². The first kappa shape index (κ1) is 22.6. The maximum Gasteiger partial charge on any atom is 0.184 e. The average Bonchev–Trinajstić information content (AvgIpc) is 3.45. The normalized spacial score (nSPS) is 24.5. The first-order valence-electron chi connectivity index (χ1n) is 12.4. The molecule has 5 rings (SSSR count). The smallest absolute Gasteiger partial charge is 0.184 e. The number of sulfone groups is 1. The molecule has 0 amide bonds. The molecule has 2 bridgehead atoms. The van der Waals surface area contributed by atoms with Crippen LogP contribution in [0.15, 0.2) is 71.6 Å². The van der Waals surface area contributed by atoms with E-state index in [1.54, 1.807) is 0 Å². The van der Waals surface area contributed by atoms with Crippen LogP contribution in [-0.4, -0.2) is 31.8 Å². The van der Waals surface area contributed by atoms with Gasteiger partial charge in [-0.3, -0.25) is 0 Å². The van der Waals surface area contributed by atoms with Crippen LogP contribution < -0.4 is 10.6 Å². The molecule has 0 aliphatic carbocycles. The van der Waals surface area contributed by atoms with Crippen molar-refractivity contribution in [1.82, 2.24) is 10.6 Å². The molecular formula is C28H34N2O2S. The number of benzene rings is 3. The number of fused-ring (bicyclic) bond motifs is 3. The molecule has 0 aromatic heterocycles. The second kappa shape index (κ2) is 9.57. The van der Waals surface area contributed by atoms with Gasteiger partial charge in [-0.2, -0.15) is 0 Å². The van der Waals surface area contributed by atoms with E-state index in [4.69, 9.17) is 0 Å². The van der Waals surface area contributed by atoms with Crippen LogP contribution in [0.3, 0.4) is 0 Å². The molecule has 4 nitrogen and oxygen atoms in total. The van der Waals surface area contributed by atoms with Gasteiger partial charge in [0.05, 0.1) is 10.1 Å². The third kappa shape index (κ3) is 4.59. The molecule has 2 saturated heterocycles. The van der Waals surface area contributed by atoms with Crippen molar-refractivity contribution in [3.8, 4) is 0 Å². The third-order valence-corrected chi connectivity index (χ3v) is 9.70. The van der Waals surface area contributed by atoms with Crippen molar-refractivity contribution in [1.29, 1.82) is 0 Å². The molecule has 4 unspecified atom stereocenters. The lowest BCUT2D eigenvalue weighted by atomic mass is 9.94. The van der Waals surface area contributed by atoms with E-state index in [1.807, 2.05) is 30.3 Å². The summed E-state index contributed by atoms with van der Waals surface area (Å²) in [5.74, 6) is 0. The van der Waals surface area contributed by atoms with Crippen molar-refractivity contribution in [2.24, 2.45) is 0 Å². The molecular weight excluding hydrogens is 428 g/mol. The Morgan fingerprint density at radius 3 is 2.39 bits per heavy atom. The summed E-state index contributed by atoms with van der Waals surface area (Å²) in [6, 6.07) is 22.6. The van der Waals surface area contributed by atoms with E-state index in [9.17, 15) is 8.42 Å². The Morgan fingerprint density at radius 1 is 0.879 bits per heavy atom. The molecule has 0 saturated carbocycles. The summed E-state index contributed by atoms with van der Waals surface area (Å²) in [5, 5.41) is 9.21. The fourth-order valence-corrected chi connectivity index (χ4v) is 7.81. The van der Waals surface area contributed by atoms with Gasteiger partial charge in [0.1, 0.15) is 0 Å². The first-order chi connectivity index (χ1) is 16.1. The van der Waals surface area contributed by atoms with Crippen LogP contribution in [0.25, 0.3) is 10.8 Å². The predicted octanol–water partition coefficient (Wildman–Crippen LogP) is 5.01. The van der Waals surface area contributed by atoms with Gasteiger partial charge in [-0.15, -0.1) is 0 Å². The summed E-state index contributed by atoms with van der Waals surface area (Å²) in [5.41, 5.74) is 2.41. The summed E-state index contributed by atoms with van der Waals surface area (Å²) in [6.07, 6.45) is 6.53. The largest absolute Gasteiger partial charge is 0.308 e. The first-order valence-corrected chi connectivity index (χ1v) is 13.9. The van der Waals surface area contributed by atoms with E-state index in [2.05, 4.69) is 54.0 Å². The van der Waals surface area contributed by atoms with Gasteiger partial charge in [-0.25, -0.2) is 8.42 Å². The Balaban J connectivity index is 1.32. The van der Waals surface area contributed by atoms with E-state index in [-0.39, 0.29) is 18.1 Å². The Bertz CT molecular complexity index is 1210. The number of unbranched alkanes of at least 4 members (excludes halogenated alkanes) is 2. The molecule has 0 spiro atoms. The summed E-state index contributed by atoms with van der Waals surface area (Å²) in [4.78, 5) is 0.457. The van der Waals surface area contributed by atoms with E-state index in [1.165, 1.54) is 34.7 Å². The minimum Gasteiger partial charge on any atom is -0.308 e. The van der Waals surface area contributed by atoms with Crippen LogP contribution in [0.4, 0.5) is 0 Å². The van der Waals surface area contributed by atoms with Gasteiger partial charge in [0.15, 0.2) is 9.84 Å². The summed E-state index contributed by atoms with van der Waals surface area (Å²) in [7, 11) is -3.42. The molecule has 3 aromatic rings. The Labute approximate surface area is 197 Å². The molecule has 2 aliphatic rings. The van der Waals surface area contributed by atoms with Crippen molar-refractivity contribution in [2.75, 3.05) is 0 Å². The van der Waals surface area contributed by atoms with Crippen LogP contribution in [0.1, 0.15) is 50.2 Å². The van der Waals surface area contributed by atoms with Crippen molar-refractivity contribution < 1.29 is 8.42 Å². The molecule has 5 heteroatoms. The molecule has 2 aliphatic heterocycles. The van der Waals surface area contributed by atoms with Crippen molar-refractivity contribution in [3.63, 3.8) is 0 Å². The van der Waals surface area contributed by atoms with Gasteiger partial charge < -0.3 is 10.6 Å². The Kier molecular flexibility index (Phi) is 6.55. The lowest BCUT2D eigenvalue weighted by molar-refractivity contribution is 0.409. The highest BCUT2D eigenvalue weighted by atomic mass is 32.2. The Hall–Kier alpha value is -2.21. The molecule has 2 N–H and O–H groups in total. The lowest BCUT2D eigenvalue weighted by Gasteiger charge is -2.30. The zero-order chi connectivity index (χ0) is 22.8. The number of aryl methyl sites for hydroxylation is 1. The van der Waals surface area contributed by atoms with Gasteiger partial charge in [0.25, 0.3) is 0 Å². The number of hydrogen-bond acceptors (Lipinski definition) is 4. The van der Waals surface area contributed by atoms with Crippen LogP contribution in [0, 0.1) is 0 Å². The van der Waals surface area contributed by atoms with Crippen LogP contribution >= 0.6 is 0 Å². The molecule has 33 heavy (non-hydrogen) atoms. The van der Waals surface area contributed by atoms with Gasteiger partial charge in [0, 0.05) is 24.7 Å². The summed E-state index contributed by atoms with van der Waals surface area (Å²) >= 11 is 0. The molecule has 0 radical (unpaired) electrons. The maximum atomic E-state index is 13.7. The van der Waals surface area contributed by atoms with Gasteiger partial charge >= 0.3 is 0 Å². The molecule has 3 aromatic carbocycles. The molecule has 4 atom stereocenters. The Morgan fingerprint density at radius 2 is 1.61 bits per heavy atom. The zero-order valence-corrected chi connectivity index (χ0v) is 20.2. The van der Waals surface area contributed by atoms with Gasteiger partial charge in [-0.05, 0) is 65.8 Å². The zero-order valence-electron chi connectivity index (χ0n) is 19.3. The fourth-order valence-electron chi connectivity index (χ4n) is 5.66. The maximum absolute atomic E-state index is 13.7. The van der Waals surface area contributed by atoms with Crippen molar-refractivity contribution in [3.05, 3.63) is 77.9 Å². The number of rotatable bonds is 9. The van der Waals surface area contributed by atoms with Crippen molar-refractivity contribution >= 4 is 20.6 Å². The van der Waals surface area contributed by atoms with Crippen LogP contribution in [-0.2, 0) is 22.8 Å². The van der Waals surface area contributed by atoms with Crippen molar-refractivity contribution in [2.45, 2.75) is 80.3 Å². The second-order valence-electron chi connectivity index (χ2n) is 9.66. The predicted molar refractivity (Wildman–Crippen MR) is 135 cm³/mol. The lowest BCUT2D eigenvalue weighted by Crippen LogP contribution is -2.50. The minimum absolute atomic E-state index is 0.0262. The number of nitrogens with one attached hydrogen (secondary N) is 2. The minimum atomic E-state index is -3.42. The van der Waals surface area contributed by atoms with Gasteiger partial charge in [0.2, 0.25) is 0 Å². The van der Waals surface area contributed by atoms with E-state index >= 15 is 0 Å². The average molecular weight is 463 g/mol. The SMILES string of the molecule is CCCCCc1ccc(S(=O)(=O)C2C3CCC(N3)C2NCc2ccc3ccccc3c2)cc1. The van der Waals surface area contributed by atoms with Crippen LogP contribution in [0.5, 0.6) is 0 Å². The highest BCUT2D eigenvalue weighted by Crippen LogP contribution is 2.36. The standard InChI is InChI=1S/C28H34N2O2S/c1-2-3-4-7-20-11-14-24(15-12-20)33(31,32)28-26-17-16-25(30-26)27(28)29-19-21-10-13-22-8-5-6-9-23(22)18-21/h5-6,8-15,18,25-30H,2-4,7,16-17,19H2,1H3. The second-order valence-corrected chi connectivity index (χ2v) is 11.8. The van der Waals surface area contributed by atoms with E-state index in [0.29, 0.717) is 11.4 Å².